The van der Waals surface area contributed by atoms with E-state index in [2.05, 4.69) is 15.4 Å². The van der Waals surface area contributed by atoms with Crippen LogP contribution in [-0.4, -0.2) is 34.5 Å². The van der Waals surface area contributed by atoms with E-state index < -0.39 is 12.0 Å². The van der Waals surface area contributed by atoms with Crippen molar-refractivity contribution in [3.63, 3.8) is 0 Å². The summed E-state index contributed by atoms with van der Waals surface area (Å²) in [5.41, 5.74) is 2.50. The van der Waals surface area contributed by atoms with E-state index >= 15 is 0 Å². The second kappa shape index (κ2) is 10.1. The lowest BCUT2D eigenvalue weighted by molar-refractivity contribution is -0.139. The van der Waals surface area contributed by atoms with Crippen LogP contribution in [0.5, 0.6) is 5.75 Å². The second-order valence-electron chi connectivity index (χ2n) is 7.52. The van der Waals surface area contributed by atoms with Gasteiger partial charge < -0.3 is 14.8 Å². The number of aromatic nitrogens is 3. The van der Waals surface area contributed by atoms with Crippen LogP contribution >= 0.6 is 11.8 Å². The van der Waals surface area contributed by atoms with Crippen LogP contribution in [0, 0.1) is 5.82 Å². The van der Waals surface area contributed by atoms with Crippen molar-refractivity contribution in [2.75, 3.05) is 19.0 Å². The first kappa shape index (κ1) is 22.8. The third-order valence-corrected chi connectivity index (χ3v) is 6.10. The molecule has 7 nitrogen and oxygen atoms in total. The Bertz CT molecular complexity index is 1190. The van der Waals surface area contributed by atoms with Gasteiger partial charge in [0.2, 0.25) is 11.1 Å². The Hall–Kier alpha value is -3.33. The van der Waals surface area contributed by atoms with Gasteiger partial charge in [0, 0.05) is 11.4 Å². The molecule has 1 aliphatic rings. The number of fused-ring (bicyclic) bond motifs is 1. The highest BCUT2D eigenvalue weighted by Gasteiger charge is 2.35. The number of anilines is 1. The summed E-state index contributed by atoms with van der Waals surface area (Å²) in [7, 11) is 1.59. The molecule has 0 saturated carbocycles. The van der Waals surface area contributed by atoms with Crippen LogP contribution in [0.25, 0.3) is 0 Å². The van der Waals surface area contributed by atoms with Gasteiger partial charge in [0.15, 0.2) is 0 Å². The smallest absolute Gasteiger partial charge is 0.338 e. The molecule has 1 aliphatic heterocycles. The molecule has 0 saturated heterocycles. The topological polar surface area (TPSA) is 78.3 Å². The predicted octanol–water partition coefficient (Wildman–Crippen LogP) is 4.96. The summed E-state index contributed by atoms with van der Waals surface area (Å²) in [6.07, 6.45) is 0.723. The van der Waals surface area contributed by atoms with Crippen molar-refractivity contribution in [3.8, 4) is 5.75 Å². The van der Waals surface area contributed by atoms with Crippen LogP contribution < -0.4 is 10.1 Å². The van der Waals surface area contributed by atoms with Crippen molar-refractivity contribution in [1.29, 1.82) is 0 Å². The van der Waals surface area contributed by atoms with Crippen LogP contribution in [0.4, 0.5) is 10.3 Å². The first-order valence-corrected chi connectivity index (χ1v) is 11.6. The lowest BCUT2D eigenvalue weighted by Crippen LogP contribution is -2.29. The van der Waals surface area contributed by atoms with Gasteiger partial charge in [0.1, 0.15) is 17.6 Å². The largest absolute Gasteiger partial charge is 0.497 e. The molecule has 172 valence electrons. The van der Waals surface area contributed by atoms with Gasteiger partial charge in [-0.2, -0.15) is 4.98 Å². The minimum absolute atomic E-state index is 0.264. The third kappa shape index (κ3) is 4.88. The summed E-state index contributed by atoms with van der Waals surface area (Å²) >= 11 is 1.33. The minimum atomic E-state index is -0.545. The molecule has 1 aromatic heterocycles. The number of rotatable bonds is 8. The van der Waals surface area contributed by atoms with Gasteiger partial charge in [-0.3, -0.25) is 0 Å². The maximum absolute atomic E-state index is 14.0. The number of carbonyl (C=O) groups excluding carboxylic acids is 1. The zero-order valence-corrected chi connectivity index (χ0v) is 19.5. The molecule has 4 rings (SSSR count). The Morgan fingerprint density at radius 1 is 1.24 bits per heavy atom. The van der Waals surface area contributed by atoms with E-state index in [1.54, 1.807) is 30.0 Å². The van der Waals surface area contributed by atoms with Gasteiger partial charge in [-0.25, -0.2) is 13.9 Å². The minimum Gasteiger partial charge on any atom is -0.497 e. The molecule has 9 heteroatoms. The van der Waals surface area contributed by atoms with E-state index in [0.29, 0.717) is 46.0 Å². The van der Waals surface area contributed by atoms with E-state index in [-0.39, 0.29) is 5.82 Å². The summed E-state index contributed by atoms with van der Waals surface area (Å²) in [5.74, 6) is 0.887. The van der Waals surface area contributed by atoms with Crippen molar-refractivity contribution < 1.29 is 18.7 Å². The highest BCUT2D eigenvalue weighted by molar-refractivity contribution is 7.98. The molecule has 0 spiro atoms. The van der Waals surface area contributed by atoms with E-state index in [9.17, 15) is 9.18 Å². The number of carbonyl (C=O) groups is 1. The van der Waals surface area contributed by atoms with Crippen LogP contribution in [0.2, 0.25) is 0 Å². The zero-order valence-electron chi connectivity index (χ0n) is 18.7. The first-order valence-electron chi connectivity index (χ1n) is 10.6. The number of hydrogen-bond donors (Lipinski definition) is 1. The molecule has 0 bridgehead atoms. The van der Waals surface area contributed by atoms with Crippen LogP contribution in [-0.2, 0) is 15.3 Å². The normalized spacial score (nSPS) is 15.1. The lowest BCUT2D eigenvalue weighted by Gasteiger charge is -2.28. The molecule has 2 heterocycles. The number of esters is 1. The molecule has 0 radical (unpaired) electrons. The van der Waals surface area contributed by atoms with Gasteiger partial charge >= 0.3 is 5.97 Å². The van der Waals surface area contributed by atoms with E-state index in [1.807, 2.05) is 38.1 Å². The van der Waals surface area contributed by atoms with Gasteiger partial charge in [-0.1, -0.05) is 49.0 Å². The average Bonchev–Trinajstić information content (AvgIpc) is 3.23. The fourth-order valence-corrected chi connectivity index (χ4v) is 4.42. The van der Waals surface area contributed by atoms with E-state index in [0.717, 1.165) is 12.0 Å². The number of thioether (sulfide) groups is 1. The van der Waals surface area contributed by atoms with Gasteiger partial charge in [-0.05, 0) is 42.7 Å². The van der Waals surface area contributed by atoms with E-state index in [4.69, 9.17) is 9.47 Å². The summed E-state index contributed by atoms with van der Waals surface area (Å²) in [4.78, 5) is 17.6. The molecule has 1 N–H and O–H groups in total. The summed E-state index contributed by atoms with van der Waals surface area (Å²) < 4.78 is 26.6. The zero-order chi connectivity index (χ0) is 23.4. The summed E-state index contributed by atoms with van der Waals surface area (Å²) in [6, 6.07) is 13.6. The summed E-state index contributed by atoms with van der Waals surface area (Å²) in [5, 5.41) is 8.31. The third-order valence-electron chi connectivity index (χ3n) is 5.21. The van der Waals surface area contributed by atoms with Crippen LogP contribution in [0.15, 0.2) is 65.0 Å². The molecule has 1 unspecified atom stereocenters. The molecule has 0 aliphatic carbocycles. The number of methoxy groups -OCH3 is 1. The standard InChI is InChI=1S/C24H25FN4O3S/c1-4-12-32-22(30)20-15(2)26-23-27-24(33-14-17-8-5-6-11-19(17)25)28-29(23)21(20)16-9-7-10-18(13-16)31-3/h5-11,13,21H,4,12,14H2,1-3H3,(H,26,27,28). The van der Waals surface area contributed by atoms with Gasteiger partial charge in [0.05, 0.1) is 19.3 Å². The molecular weight excluding hydrogens is 443 g/mol. The van der Waals surface area contributed by atoms with Gasteiger partial charge in [0.25, 0.3) is 0 Å². The maximum Gasteiger partial charge on any atom is 0.338 e. The summed E-state index contributed by atoms with van der Waals surface area (Å²) in [6.45, 7) is 4.09. The fraction of sp³-hybridized carbons (Fsp3) is 0.292. The molecule has 1 atom stereocenters. The molecule has 0 fully saturated rings. The SMILES string of the molecule is CCCOC(=O)C1=C(C)Nc2nc(SCc3ccccc3F)nn2C1c1cccc(OC)c1. The Labute approximate surface area is 196 Å². The average molecular weight is 469 g/mol. The van der Waals surface area contributed by atoms with Crippen molar-refractivity contribution >= 4 is 23.7 Å². The number of ether oxygens (including phenoxy) is 2. The Balaban J connectivity index is 1.70. The van der Waals surface area contributed by atoms with Gasteiger partial charge in [-0.15, -0.1) is 5.10 Å². The molecular formula is C24H25FN4O3S. The number of halogens is 1. The van der Waals surface area contributed by atoms with Crippen molar-refractivity contribution in [1.82, 2.24) is 14.8 Å². The highest BCUT2D eigenvalue weighted by Crippen LogP contribution is 2.38. The highest BCUT2D eigenvalue weighted by atomic mass is 32.2. The number of benzene rings is 2. The quantitative estimate of drug-likeness (QED) is 0.370. The van der Waals surface area contributed by atoms with E-state index in [1.165, 1.54) is 17.8 Å². The molecule has 33 heavy (non-hydrogen) atoms. The lowest BCUT2D eigenvalue weighted by atomic mass is 9.95. The maximum atomic E-state index is 14.0. The first-order chi connectivity index (χ1) is 16.0. The predicted molar refractivity (Wildman–Crippen MR) is 125 cm³/mol. The number of nitrogens with zero attached hydrogens (tertiary/aromatic N) is 3. The molecule has 0 amide bonds. The molecule has 3 aromatic rings. The van der Waals surface area contributed by atoms with Crippen molar-refractivity contribution in [2.45, 2.75) is 37.2 Å². The fourth-order valence-electron chi connectivity index (χ4n) is 3.61. The second-order valence-corrected chi connectivity index (χ2v) is 8.46. The van der Waals surface area contributed by atoms with Crippen LogP contribution in [0.1, 0.15) is 37.4 Å². The molecule has 2 aromatic carbocycles. The van der Waals surface area contributed by atoms with Crippen LogP contribution in [0.3, 0.4) is 0 Å². The Morgan fingerprint density at radius 2 is 2.06 bits per heavy atom. The Kier molecular flexibility index (Phi) is 6.98. The van der Waals surface area contributed by atoms with Crippen molar-refractivity contribution in [3.05, 3.63) is 76.7 Å². The number of allylic oxidation sites excluding steroid dienone is 1. The Morgan fingerprint density at radius 3 is 2.82 bits per heavy atom. The van der Waals surface area contributed by atoms with Crippen molar-refractivity contribution in [2.24, 2.45) is 0 Å². The number of hydrogen-bond acceptors (Lipinski definition) is 7. The monoisotopic (exact) mass is 468 g/mol. The number of nitrogens with one attached hydrogen (secondary N) is 1.